The van der Waals surface area contributed by atoms with E-state index in [1.165, 1.54) is 0 Å². The van der Waals surface area contributed by atoms with Crippen molar-refractivity contribution in [2.45, 2.75) is 33.1 Å². The van der Waals surface area contributed by atoms with Crippen LogP contribution in [-0.2, 0) is 4.79 Å². The number of amides is 1. The Bertz CT molecular complexity index is 573. The standard InChI is InChI=1S/C17H20N2O/c1-4-15(14-8-6-5-7-9-14)17(20)19-16-11-12(2)10-13(3)18-16/h5-11,15H,4H2,1-3H3,(H,18,19,20)/t15-/m1/s1. The normalized spacial score (nSPS) is 11.9. The average molecular weight is 268 g/mol. The maximum atomic E-state index is 12.4. The summed E-state index contributed by atoms with van der Waals surface area (Å²) in [5.41, 5.74) is 3.05. The van der Waals surface area contributed by atoms with Gasteiger partial charge in [-0.2, -0.15) is 0 Å². The number of aryl methyl sites for hydroxylation is 2. The lowest BCUT2D eigenvalue weighted by atomic mass is 9.96. The third kappa shape index (κ3) is 3.44. The minimum atomic E-state index is -0.140. The summed E-state index contributed by atoms with van der Waals surface area (Å²) < 4.78 is 0. The molecule has 0 unspecified atom stereocenters. The first-order valence-electron chi connectivity index (χ1n) is 6.91. The van der Waals surface area contributed by atoms with E-state index in [4.69, 9.17) is 0 Å². The number of hydrogen-bond donors (Lipinski definition) is 1. The molecule has 0 bridgehead atoms. The van der Waals surface area contributed by atoms with Gasteiger partial charge in [-0.3, -0.25) is 4.79 Å². The number of pyridine rings is 1. The number of carbonyl (C=O) groups excluding carboxylic acids is 1. The van der Waals surface area contributed by atoms with Crippen molar-refractivity contribution >= 4 is 11.7 Å². The fraction of sp³-hybridized carbons (Fsp3) is 0.294. The molecule has 0 aliphatic heterocycles. The Balaban J connectivity index is 2.18. The molecule has 0 fully saturated rings. The Morgan fingerprint density at radius 3 is 2.50 bits per heavy atom. The van der Waals surface area contributed by atoms with E-state index in [1.54, 1.807) is 0 Å². The van der Waals surface area contributed by atoms with Crippen LogP contribution in [0.4, 0.5) is 5.82 Å². The predicted molar refractivity (Wildman–Crippen MR) is 81.8 cm³/mol. The molecule has 1 N–H and O–H groups in total. The van der Waals surface area contributed by atoms with Gasteiger partial charge in [0.25, 0.3) is 0 Å². The maximum absolute atomic E-state index is 12.4. The number of nitrogens with zero attached hydrogens (tertiary/aromatic N) is 1. The lowest BCUT2D eigenvalue weighted by Crippen LogP contribution is -2.21. The van der Waals surface area contributed by atoms with Gasteiger partial charge in [-0.15, -0.1) is 0 Å². The van der Waals surface area contributed by atoms with E-state index in [0.717, 1.165) is 23.2 Å². The molecule has 20 heavy (non-hydrogen) atoms. The highest BCUT2D eigenvalue weighted by atomic mass is 16.1. The summed E-state index contributed by atoms with van der Waals surface area (Å²) in [5, 5.41) is 2.92. The van der Waals surface area contributed by atoms with E-state index in [1.807, 2.05) is 63.2 Å². The molecule has 0 saturated heterocycles. The molecule has 1 aromatic carbocycles. The van der Waals surface area contributed by atoms with Crippen LogP contribution in [0.1, 0.15) is 36.1 Å². The molecule has 1 aromatic heterocycles. The smallest absolute Gasteiger partial charge is 0.233 e. The van der Waals surface area contributed by atoms with Crippen molar-refractivity contribution in [2.75, 3.05) is 5.32 Å². The van der Waals surface area contributed by atoms with Crippen molar-refractivity contribution in [3.05, 3.63) is 59.3 Å². The Morgan fingerprint density at radius 2 is 1.90 bits per heavy atom. The van der Waals surface area contributed by atoms with E-state index in [2.05, 4.69) is 10.3 Å². The van der Waals surface area contributed by atoms with E-state index in [9.17, 15) is 4.79 Å². The van der Waals surface area contributed by atoms with Gasteiger partial charge in [0.05, 0.1) is 5.92 Å². The zero-order valence-electron chi connectivity index (χ0n) is 12.2. The lowest BCUT2D eigenvalue weighted by Gasteiger charge is -2.15. The summed E-state index contributed by atoms with van der Waals surface area (Å²) in [6, 6.07) is 13.7. The van der Waals surface area contributed by atoms with Crippen LogP contribution < -0.4 is 5.32 Å². The minimum Gasteiger partial charge on any atom is -0.310 e. The minimum absolute atomic E-state index is 0.00352. The van der Waals surface area contributed by atoms with E-state index in [0.29, 0.717) is 5.82 Å². The molecule has 1 amide bonds. The number of hydrogen-bond acceptors (Lipinski definition) is 2. The van der Waals surface area contributed by atoms with Gasteiger partial charge in [-0.25, -0.2) is 4.98 Å². The second kappa shape index (κ2) is 6.33. The molecule has 0 aliphatic carbocycles. The third-order valence-corrected chi connectivity index (χ3v) is 3.28. The second-order valence-corrected chi connectivity index (χ2v) is 5.03. The summed E-state index contributed by atoms with van der Waals surface area (Å²) in [6.07, 6.45) is 0.765. The Hall–Kier alpha value is -2.16. The summed E-state index contributed by atoms with van der Waals surface area (Å²) in [5.74, 6) is 0.483. The zero-order chi connectivity index (χ0) is 14.5. The van der Waals surface area contributed by atoms with Crippen LogP contribution in [0, 0.1) is 13.8 Å². The highest BCUT2D eigenvalue weighted by Crippen LogP contribution is 2.21. The number of anilines is 1. The SMILES string of the molecule is CC[C@@H](C(=O)Nc1cc(C)cc(C)n1)c1ccccc1. The molecule has 1 heterocycles. The molecule has 0 spiro atoms. The van der Waals surface area contributed by atoms with Gasteiger partial charge in [0, 0.05) is 5.69 Å². The summed E-state index contributed by atoms with van der Waals surface area (Å²) in [6.45, 7) is 5.95. The Kier molecular flexibility index (Phi) is 4.51. The number of carbonyl (C=O) groups is 1. The molecule has 3 heteroatoms. The molecule has 0 aliphatic rings. The topological polar surface area (TPSA) is 42.0 Å². The van der Waals surface area contributed by atoms with Gasteiger partial charge in [0.2, 0.25) is 5.91 Å². The van der Waals surface area contributed by atoms with Gasteiger partial charge in [0.15, 0.2) is 0 Å². The summed E-state index contributed by atoms with van der Waals surface area (Å²) >= 11 is 0. The third-order valence-electron chi connectivity index (χ3n) is 3.28. The van der Waals surface area contributed by atoms with Crippen molar-refractivity contribution in [1.82, 2.24) is 4.98 Å². The van der Waals surface area contributed by atoms with Crippen LogP contribution >= 0.6 is 0 Å². The highest BCUT2D eigenvalue weighted by molar-refractivity contribution is 5.95. The second-order valence-electron chi connectivity index (χ2n) is 5.03. The van der Waals surface area contributed by atoms with Gasteiger partial charge in [-0.05, 0) is 43.5 Å². The van der Waals surface area contributed by atoms with E-state index >= 15 is 0 Å². The Labute approximate surface area is 120 Å². The first-order valence-corrected chi connectivity index (χ1v) is 6.91. The Morgan fingerprint density at radius 1 is 1.20 bits per heavy atom. The predicted octanol–water partition coefficient (Wildman–Crippen LogP) is 3.83. The van der Waals surface area contributed by atoms with Crippen molar-refractivity contribution in [2.24, 2.45) is 0 Å². The molecule has 104 valence electrons. The van der Waals surface area contributed by atoms with Gasteiger partial charge >= 0.3 is 0 Å². The number of aromatic nitrogens is 1. The van der Waals surface area contributed by atoms with Crippen molar-refractivity contribution in [3.63, 3.8) is 0 Å². The molecular formula is C17H20N2O. The average Bonchev–Trinajstić information content (AvgIpc) is 2.39. The lowest BCUT2D eigenvalue weighted by molar-refractivity contribution is -0.117. The fourth-order valence-electron chi connectivity index (χ4n) is 2.38. The highest BCUT2D eigenvalue weighted by Gasteiger charge is 2.18. The molecule has 0 saturated carbocycles. The van der Waals surface area contributed by atoms with Gasteiger partial charge < -0.3 is 5.32 Å². The van der Waals surface area contributed by atoms with Gasteiger partial charge in [-0.1, -0.05) is 37.3 Å². The van der Waals surface area contributed by atoms with Crippen molar-refractivity contribution in [3.8, 4) is 0 Å². The number of benzene rings is 1. The molecule has 2 aromatic rings. The van der Waals surface area contributed by atoms with Crippen LogP contribution in [0.3, 0.4) is 0 Å². The van der Waals surface area contributed by atoms with Crippen LogP contribution in [-0.4, -0.2) is 10.9 Å². The van der Waals surface area contributed by atoms with Gasteiger partial charge in [0.1, 0.15) is 5.82 Å². The van der Waals surface area contributed by atoms with Crippen LogP contribution in [0.5, 0.6) is 0 Å². The van der Waals surface area contributed by atoms with Crippen molar-refractivity contribution < 1.29 is 4.79 Å². The molecule has 2 rings (SSSR count). The first kappa shape index (κ1) is 14.3. The number of rotatable bonds is 4. The van der Waals surface area contributed by atoms with E-state index in [-0.39, 0.29) is 11.8 Å². The molecule has 3 nitrogen and oxygen atoms in total. The molecule has 0 radical (unpaired) electrons. The monoisotopic (exact) mass is 268 g/mol. The zero-order valence-corrected chi connectivity index (χ0v) is 12.2. The molecular weight excluding hydrogens is 248 g/mol. The maximum Gasteiger partial charge on any atom is 0.233 e. The number of nitrogens with one attached hydrogen (secondary N) is 1. The summed E-state index contributed by atoms with van der Waals surface area (Å²) in [7, 11) is 0. The van der Waals surface area contributed by atoms with Crippen LogP contribution in [0.25, 0.3) is 0 Å². The van der Waals surface area contributed by atoms with Crippen LogP contribution in [0.2, 0.25) is 0 Å². The van der Waals surface area contributed by atoms with E-state index < -0.39 is 0 Å². The molecule has 1 atom stereocenters. The first-order chi connectivity index (χ1) is 9.60. The quantitative estimate of drug-likeness (QED) is 0.915. The summed E-state index contributed by atoms with van der Waals surface area (Å²) in [4.78, 5) is 16.8. The van der Waals surface area contributed by atoms with Crippen molar-refractivity contribution in [1.29, 1.82) is 0 Å². The van der Waals surface area contributed by atoms with Crippen LogP contribution in [0.15, 0.2) is 42.5 Å². The largest absolute Gasteiger partial charge is 0.310 e. The fourth-order valence-corrected chi connectivity index (χ4v) is 2.38.